The van der Waals surface area contributed by atoms with Gasteiger partial charge in [0.15, 0.2) is 5.76 Å². The van der Waals surface area contributed by atoms with Crippen LogP contribution in [0, 0.1) is 6.92 Å². The number of nitrogens with one attached hydrogen (secondary N) is 2. The molecule has 10 heteroatoms. The number of allylic oxidation sites excluding steroid dienone is 1. The largest absolute Gasteiger partial charge is 0.497 e. The molecule has 2 N–H and O–H groups in total. The Bertz CT molecular complexity index is 1670. The number of aromatic nitrogens is 2. The Labute approximate surface area is 244 Å². The molecule has 1 fully saturated rings. The second-order valence-electron chi connectivity index (χ2n) is 10.7. The van der Waals surface area contributed by atoms with Gasteiger partial charge in [-0.05, 0) is 68.6 Å². The van der Waals surface area contributed by atoms with Crippen LogP contribution in [-0.4, -0.2) is 78.0 Å². The van der Waals surface area contributed by atoms with Gasteiger partial charge < -0.3 is 29.6 Å². The lowest BCUT2D eigenvalue weighted by molar-refractivity contribution is 0.101. The van der Waals surface area contributed by atoms with Crippen molar-refractivity contribution < 1.29 is 19.1 Å². The molecule has 6 rings (SSSR count). The normalized spacial score (nSPS) is 16.5. The predicted octanol–water partition coefficient (Wildman–Crippen LogP) is 4.86. The van der Waals surface area contributed by atoms with Gasteiger partial charge in [-0.1, -0.05) is 0 Å². The maximum atomic E-state index is 13.5. The van der Waals surface area contributed by atoms with Gasteiger partial charge in [0.05, 0.1) is 24.6 Å². The minimum atomic E-state index is -0.431. The summed E-state index contributed by atoms with van der Waals surface area (Å²) in [5.41, 5.74) is 4.51. The summed E-state index contributed by atoms with van der Waals surface area (Å²) in [7, 11) is 3.82. The number of likely N-dealkylation sites (N-methyl/N-ethyl adjacent to an activating group) is 1. The SMILES string of the molecule is COc1ccc2c(c1)c(/C=C1\Oc3ccc(NC(=O)Nc4cccnc4)cc3C1=O)c(C)n2CCN1CCN(C)CC1. The lowest BCUT2D eigenvalue weighted by Gasteiger charge is -2.32. The molecule has 216 valence electrons. The number of piperazine rings is 1. The number of Topliss-reactive ketones (excluding diaryl/α,β-unsaturated/α-hetero) is 1. The van der Waals surface area contributed by atoms with Crippen molar-refractivity contribution in [1.82, 2.24) is 19.4 Å². The molecule has 2 amide bonds. The lowest BCUT2D eigenvalue weighted by Crippen LogP contribution is -2.45. The molecule has 0 atom stereocenters. The highest BCUT2D eigenvalue weighted by Gasteiger charge is 2.29. The highest BCUT2D eigenvalue weighted by atomic mass is 16.5. The Kier molecular flexibility index (Phi) is 7.64. The number of urea groups is 1. The molecule has 42 heavy (non-hydrogen) atoms. The second kappa shape index (κ2) is 11.7. The van der Waals surface area contributed by atoms with Crippen LogP contribution in [0.1, 0.15) is 21.6 Å². The number of rotatable bonds is 7. The van der Waals surface area contributed by atoms with Gasteiger partial charge in [0.1, 0.15) is 11.5 Å². The van der Waals surface area contributed by atoms with Crippen LogP contribution >= 0.6 is 0 Å². The average molecular weight is 567 g/mol. The highest BCUT2D eigenvalue weighted by molar-refractivity contribution is 6.16. The summed E-state index contributed by atoms with van der Waals surface area (Å²) in [6, 6.07) is 14.1. The number of anilines is 2. The third-order valence-corrected chi connectivity index (χ3v) is 7.94. The number of ether oxygens (including phenoxy) is 2. The number of carbonyl (C=O) groups excluding carboxylic acids is 2. The van der Waals surface area contributed by atoms with Crippen molar-refractivity contribution in [2.24, 2.45) is 0 Å². The third kappa shape index (κ3) is 5.59. The number of carbonyl (C=O) groups is 2. The van der Waals surface area contributed by atoms with E-state index in [0.29, 0.717) is 22.7 Å². The molecule has 2 aromatic carbocycles. The number of pyridine rings is 1. The topological polar surface area (TPSA) is 101 Å². The van der Waals surface area contributed by atoms with E-state index in [4.69, 9.17) is 9.47 Å². The van der Waals surface area contributed by atoms with Crippen LogP contribution in [0.4, 0.5) is 16.2 Å². The Morgan fingerprint density at radius 2 is 1.86 bits per heavy atom. The monoisotopic (exact) mass is 566 g/mol. The molecule has 0 saturated carbocycles. The van der Waals surface area contributed by atoms with E-state index in [0.717, 1.165) is 67.2 Å². The first-order valence-corrected chi connectivity index (χ1v) is 14.0. The molecule has 0 aliphatic carbocycles. The zero-order chi connectivity index (χ0) is 29.2. The summed E-state index contributed by atoms with van der Waals surface area (Å²) in [6.45, 7) is 8.14. The Hall–Kier alpha value is -4.67. The van der Waals surface area contributed by atoms with Crippen LogP contribution in [0.3, 0.4) is 0 Å². The van der Waals surface area contributed by atoms with Gasteiger partial charge in [0.25, 0.3) is 0 Å². The summed E-state index contributed by atoms with van der Waals surface area (Å²) in [4.78, 5) is 34.8. The first kappa shape index (κ1) is 27.5. The molecule has 2 aliphatic rings. The molecule has 10 nitrogen and oxygen atoms in total. The summed E-state index contributed by atoms with van der Waals surface area (Å²) < 4.78 is 13.9. The third-order valence-electron chi connectivity index (χ3n) is 7.94. The second-order valence-corrected chi connectivity index (χ2v) is 10.7. The van der Waals surface area contributed by atoms with Gasteiger partial charge in [-0.15, -0.1) is 0 Å². The zero-order valence-electron chi connectivity index (χ0n) is 24.0. The number of methoxy groups -OCH3 is 1. The molecule has 1 saturated heterocycles. The van der Waals surface area contributed by atoms with Crippen molar-refractivity contribution in [1.29, 1.82) is 0 Å². The fourth-order valence-electron chi connectivity index (χ4n) is 5.53. The first-order chi connectivity index (χ1) is 20.4. The Balaban J connectivity index is 1.25. The van der Waals surface area contributed by atoms with E-state index in [1.807, 2.05) is 18.2 Å². The van der Waals surface area contributed by atoms with Crippen LogP contribution in [-0.2, 0) is 6.54 Å². The van der Waals surface area contributed by atoms with E-state index < -0.39 is 6.03 Å². The number of hydrogen-bond acceptors (Lipinski definition) is 7. The number of hydrogen-bond donors (Lipinski definition) is 2. The number of fused-ring (bicyclic) bond motifs is 2. The Morgan fingerprint density at radius 1 is 1.05 bits per heavy atom. The zero-order valence-corrected chi connectivity index (χ0v) is 24.0. The van der Waals surface area contributed by atoms with Gasteiger partial charge in [-0.3, -0.25) is 14.7 Å². The number of benzene rings is 2. The minimum absolute atomic E-state index is 0.234. The minimum Gasteiger partial charge on any atom is -0.497 e. The van der Waals surface area contributed by atoms with Crippen molar-refractivity contribution in [3.8, 4) is 11.5 Å². The standard InChI is InChI=1S/C32H34N6O4/c1-21-25(26-18-24(41-3)7-8-28(26)38(21)16-15-37-13-11-36(2)12-14-37)19-30-31(39)27-17-22(6-9-29(27)42-30)34-32(40)35-23-5-4-10-33-20-23/h4-10,17-20H,11-16H2,1-3H3,(H2,34,35,40)/b30-19-. The van der Waals surface area contributed by atoms with Crippen molar-refractivity contribution >= 4 is 40.2 Å². The highest BCUT2D eigenvalue weighted by Crippen LogP contribution is 2.37. The van der Waals surface area contributed by atoms with Gasteiger partial charge in [0, 0.05) is 73.3 Å². The molecular formula is C32H34N6O4. The van der Waals surface area contributed by atoms with Crippen LogP contribution in [0.15, 0.2) is 66.7 Å². The summed E-state index contributed by atoms with van der Waals surface area (Å²) in [5.74, 6) is 1.21. The van der Waals surface area contributed by atoms with Gasteiger partial charge in [-0.2, -0.15) is 0 Å². The van der Waals surface area contributed by atoms with Crippen LogP contribution < -0.4 is 20.1 Å². The molecular weight excluding hydrogens is 532 g/mol. The summed E-state index contributed by atoms with van der Waals surface area (Å²) in [5, 5.41) is 6.49. The van der Waals surface area contributed by atoms with E-state index in [2.05, 4.69) is 50.0 Å². The summed E-state index contributed by atoms with van der Waals surface area (Å²) in [6.07, 6.45) is 5.01. The fourth-order valence-corrected chi connectivity index (χ4v) is 5.53. The average Bonchev–Trinajstić information content (AvgIpc) is 3.45. The molecule has 0 spiro atoms. The van der Waals surface area contributed by atoms with E-state index >= 15 is 0 Å². The molecule has 0 unspecified atom stereocenters. The lowest BCUT2D eigenvalue weighted by atomic mass is 10.1. The molecule has 2 aromatic heterocycles. The van der Waals surface area contributed by atoms with E-state index in [1.165, 1.54) is 0 Å². The maximum absolute atomic E-state index is 13.5. The van der Waals surface area contributed by atoms with Crippen molar-refractivity contribution in [2.75, 3.05) is 57.5 Å². The van der Waals surface area contributed by atoms with Crippen LogP contribution in [0.2, 0.25) is 0 Å². The smallest absolute Gasteiger partial charge is 0.323 e. The van der Waals surface area contributed by atoms with Crippen molar-refractivity contribution in [3.05, 3.63) is 83.5 Å². The fraction of sp³-hybridized carbons (Fsp3) is 0.281. The number of nitrogens with zero attached hydrogens (tertiary/aromatic N) is 4. The van der Waals surface area contributed by atoms with E-state index in [9.17, 15) is 9.59 Å². The summed E-state index contributed by atoms with van der Waals surface area (Å²) >= 11 is 0. The Morgan fingerprint density at radius 3 is 2.62 bits per heavy atom. The molecule has 0 bridgehead atoms. The first-order valence-electron chi connectivity index (χ1n) is 14.0. The van der Waals surface area contributed by atoms with Gasteiger partial charge >= 0.3 is 6.03 Å². The predicted molar refractivity (Wildman–Crippen MR) is 163 cm³/mol. The van der Waals surface area contributed by atoms with Crippen LogP contribution in [0.25, 0.3) is 17.0 Å². The quantitative estimate of drug-likeness (QED) is 0.308. The van der Waals surface area contributed by atoms with Gasteiger partial charge in [0.2, 0.25) is 5.78 Å². The van der Waals surface area contributed by atoms with Crippen molar-refractivity contribution in [3.63, 3.8) is 0 Å². The van der Waals surface area contributed by atoms with E-state index in [-0.39, 0.29) is 11.5 Å². The van der Waals surface area contributed by atoms with Gasteiger partial charge in [-0.25, -0.2) is 4.79 Å². The number of amides is 2. The van der Waals surface area contributed by atoms with E-state index in [1.54, 1.807) is 49.8 Å². The maximum Gasteiger partial charge on any atom is 0.323 e. The molecule has 0 radical (unpaired) electrons. The molecule has 4 aromatic rings. The van der Waals surface area contributed by atoms with Crippen LogP contribution in [0.5, 0.6) is 11.5 Å². The molecule has 2 aliphatic heterocycles. The van der Waals surface area contributed by atoms with Crippen molar-refractivity contribution in [2.45, 2.75) is 13.5 Å². The molecule has 4 heterocycles. The number of ketones is 1.